The molecular weight excluding hydrogens is 671 g/mol. The van der Waals surface area contributed by atoms with Gasteiger partial charge in [0.1, 0.15) is 42.3 Å². The van der Waals surface area contributed by atoms with Crippen molar-refractivity contribution in [2.75, 3.05) is 0 Å². The lowest BCUT2D eigenvalue weighted by Gasteiger charge is -2.16. The average molecular weight is 699 g/mol. The van der Waals surface area contributed by atoms with Crippen molar-refractivity contribution >= 4 is 33.6 Å². The molecule has 5 aromatic carbocycles. The lowest BCUT2D eigenvalue weighted by molar-refractivity contribution is 0.289. The van der Waals surface area contributed by atoms with Crippen LogP contribution >= 0.6 is 22.6 Å². The number of benzene rings is 5. The largest absolute Gasteiger partial charge is 0.506 e. The first-order valence-electron chi connectivity index (χ1n) is 13.8. The van der Waals surface area contributed by atoms with Gasteiger partial charge in [-0.1, -0.05) is 91.0 Å². The molecule has 6 aromatic rings. The van der Waals surface area contributed by atoms with Gasteiger partial charge in [0, 0.05) is 11.6 Å². The summed E-state index contributed by atoms with van der Waals surface area (Å²) in [6, 6.07) is 35.0. The van der Waals surface area contributed by atoms with Crippen LogP contribution in [0.4, 0.5) is 0 Å². The van der Waals surface area contributed by atoms with Gasteiger partial charge in [0.2, 0.25) is 11.2 Å². The summed E-state index contributed by atoms with van der Waals surface area (Å²) in [7, 11) is 0. The van der Waals surface area contributed by atoms with Crippen LogP contribution < -0.4 is 19.6 Å². The highest BCUT2D eigenvalue weighted by molar-refractivity contribution is 14.1. The zero-order chi connectivity index (χ0) is 30.5. The second-order valence-electron chi connectivity index (χ2n) is 10.0. The molecule has 0 spiro atoms. The highest BCUT2D eigenvalue weighted by Crippen LogP contribution is 2.41. The van der Waals surface area contributed by atoms with Crippen molar-refractivity contribution < 1.29 is 28.8 Å². The maximum absolute atomic E-state index is 13.9. The third-order valence-electron chi connectivity index (χ3n) is 6.94. The van der Waals surface area contributed by atoms with Gasteiger partial charge in [-0.15, -0.1) is 0 Å². The van der Waals surface area contributed by atoms with Gasteiger partial charge in [0.05, 0.1) is 3.57 Å². The van der Waals surface area contributed by atoms with Crippen LogP contribution in [0.25, 0.3) is 22.3 Å². The van der Waals surface area contributed by atoms with E-state index in [2.05, 4.69) is 0 Å². The van der Waals surface area contributed by atoms with Crippen molar-refractivity contribution in [3.8, 4) is 40.1 Å². The lowest BCUT2D eigenvalue weighted by atomic mass is 10.1. The molecule has 0 radical (unpaired) electrons. The summed E-state index contributed by atoms with van der Waals surface area (Å²) < 4.78 is 24.6. The molecule has 1 aromatic heterocycles. The van der Waals surface area contributed by atoms with Crippen LogP contribution in [-0.2, 0) is 19.8 Å². The van der Waals surface area contributed by atoms with E-state index in [1.807, 2.05) is 114 Å². The summed E-state index contributed by atoms with van der Waals surface area (Å²) in [6.07, 6.45) is 0. The molecule has 0 aliphatic carbocycles. The Hall–Kier alpha value is -4.96. The number of hydrogen-bond donors (Lipinski definition) is 2. The van der Waals surface area contributed by atoms with Crippen LogP contribution in [-0.4, -0.2) is 10.2 Å². The summed E-state index contributed by atoms with van der Waals surface area (Å²) >= 11 is 1.95. The highest BCUT2D eigenvalue weighted by atomic mass is 127. The third-order valence-corrected chi connectivity index (χ3v) is 7.99. The number of phenols is 2. The Morgan fingerprint density at radius 1 is 0.636 bits per heavy atom. The zero-order valence-electron chi connectivity index (χ0n) is 23.4. The van der Waals surface area contributed by atoms with Crippen LogP contribution in [0.5, 0.6) is 28.7 Å². The molecule has 0 saturated carbocycles. The minimum Gasteiger partial charge on any atom is -0.506 e. The summed E-state index contributed by atoms with van der Waals surface area (Å²) in [5.41, 5.74) is 2.69. The van der Waals surface area contributed by atoms with Crippen molar-refractivity contribution in [3.63, 3.8) is 0 Å². The third kappa shape index (κ3) is 6.35. The van der Waals surface area contributed by atoms with E-state index in [0.717, 1.165) is 16.7 Å². The molecule has 0 saturated heterocycles. The Bertz CT molecular complexity index is 1960. The first-order valence-corrected chi connectivity index (χ1v) is 14.9. The Labute approximate surface area is 267 Å². The van der Waals surface area contributed by atoms with Gasteiger partial charge in [-0.25, -0.2) is 0 Å². The van der Waals surface area contributed by atoms with Gasteiger partial charge in [-0.2, -0.15) is 0 Å². The zero-order valence-corrected chi connectivity index (χ0v) is 25.6. The molecule has 1 heterocycles. The number of fused-ring (bicyclic) bond motifs is 1. The molecule has 0 amide bonds. The molecular formula is C36H27IO7. The Morgan fingerprint density at radius 2 is 1.16 bits per heavy atom. The number of rotatable bonds is 10. The SMILES string of the molecule is O=c1c(OCc2ccccc2)c(-c2ccc(OCc3ccccc3)c(O)c2)oc2cc(OCc3ccccc3)c(I)c(O)c12. The summed E-state index contributed by atoms with van der Waals surface area (Å²) in [5.74, 6) is 0.243. The Morgan fingerprint density at radius 3 is 1.70 bits per heavy atom. The van der Waals surface area contributed by atoms with Crippen LogP contribution in [0, 0.1) is 3.57 Å². The van der Waals surface area contributed by atoms with E-state index >= 15 is 0 Å². The molecule has 2 N–H and O–H groups in total. The second-order valence-corrected chi connectivity index (χ2v) is 11.1. The fraction of sp³-hybridized carbons (Fsp3) is 0.0833. The quantitative estimate of drug-likeness (QED) is 0.139. The number of hydrogen-bond acceptors (Lipinski definition) is 7. The summed E-state index contributed by atoms with van der Waals surface area (Å²) in [5, 5.41) is 22.0. The van der Waals surface area contributed by atoms with Gasteiger partial charge in [0.15, 0.2) is 17.3 Å². The molecule has 0 bridgehead atoms. The van der Waals surface area contributed by atoms with Crippen LogP contribution in [0.2, 0.25) is 0 Å². The maximum Gasteiger partial charge on any atom is 0.239 e. The lowest BCUT2D eigenvalue weighted by Crippen LogP contribution is -2.11. The Kier molecular flexibility index (Phi) is 8.69. The number of phenolic OH excluding ortho intramolecular Hbond substituents is 2. The smallest absolute Gasteiger partial charge is 0.239 e. The van der Waals surface area contributed by atoms with Gasteiger partial charge >= 0.3 is 0 Å². The van der Waals surface area contributed by atoms with E-state index in [0.29, 0.717) is 14.9 Å². The number of aromatic hydroxyl groups is 2. The van der Waals surface area contributed by atoms with Gasteiger partial charge in [-0.3, -0.25) is 4.79 Å². The minimum absolute atomic E-state index is 0.0275. The van der Waals surface area contributed by atoms with E-state index in [1.54, 1.807) is 18.2 Å². The standard InChI is InChI=1S/C36H27IO7/c37-32-30(42-21-24-12-6-2-7-13-24)19-29-31(33(32)39)34(40)36(43-22-25-14-8-3-9-15-25)35(44-29)26-16-17-28(27(38)18-26)41-20-23-10-4-1-5-11-23/h1-19,38-39H,20-22H2. The van der Waals surface area contributed by atoms with Crippen LogP contribution in [0.3, 0.4) is 0 Å². The first-order chi connectivity index (χ1) is 21.5. The first kappa shape index (κ1) is 29.1. The molecule has 7 nitrogen and oxygen atoms in total. The van der Waals surface area contributed by atoms with Crippen molar-refractivity contribution in [2.24, 2.45) is 0 Å². The van der Waals surface area contributed by atoms with Gasteiger partial charge in [-0.05, 0) is 57.5 Å². The fourth-order valence-electron chi connectivity index (χ4n) is 4.68. The normalized spacial score (nSPS) is 10.9. The predicted octanol–water partition coefficient (Wildman–Crippen LogP) is 8.21. The fourth-order valence-corrected chi connectivity index (χ4v) is 5.26. The maximum atomic E-state index is 13.9. The van der Waals surface area contributed by atoms with Crippen molar-refractivity contribution in [1.82, 2.24) is 0 Å². The minimum atomic E-state index is -0.550. The summed E-state index contributed by atoms with van der Waals surface area (Å²) in [6.45, 7) is 0.619. The van der Waals surface area contributed by atoms with Gasteiger partial charge < -0.3 is 28.8 Å². The molecule has 0 fully saturated rings. The molecule has 0 aliphatic heterocycles. The van der Waals surface area contributed by atoms with E-state index in [9.17, 15) is 15.0 Å². The van der Waals surface area contributed by atoms with Crippen molar-refractivity contribution in [2.45, 2.75) is 19.8 Å². The monoisotopic (exact) mass is 698 g/mol. The van der Waals surface area contributed by atoms with E-state index in [4.69, 9.17) is 18.6 Å². The molecule has 220 valence electrons. The van der Waals surface area contributed by atoms with E-state index in [1.165, 1.54) is 6.07 Å². The van der Waals surface area contributed by atoms with Crippen molar-refractivity contribution in [3.05, 3.63) is 146 Å². The predicted molar refractivity (Wildman–Crippen MR) is 176 cm³/mol. The molecule has 6 rings (SSSR count). The Balaban J connectivity index is 1.40. The van der Waals surface area contributed by atoms with E-state index < -0.39 is 5.43 Å². The van der Waals surface area contributed by atoms with Crippen LogP contribution in [0.15, 0.2) is 124 Å². The molecule has 0 atom stereocenters. The van der Waals surface area contributed by atoms with Gasteiger partial charge in [0.25, 0.3) is 0 Å². The molecule has 8 heteroatoms. The second kappa shape index (κ2) is 13.1. The van der Waals surface area contributed by atoms with Crippen LogP contribution in [0.1, 0.15) is 16.7 Å². The molecule has 0 aliphatic rings. The topological polar surface area (TPSA) is 98.4 Å². The molecule has 44 heavy (non-hydrogen) atoms. The average Bonchev–Trinajstić information content (AvgIpc) is 3.06. The van der Waals surface area contributed by atoms with E-state index in [-0.39, 0.29) is 59.5 Å². The summed E-state index contributed by atoms with van der Waals surface area (Å²) in [4.78, 5) is 13.9. The number of ether oxygens (including phenoxy) is 3. The molecule has 0 unspecified atom stereocenters. The highest BCUT2D eigenvalue weighted by Gasteiger charge is 2.24. The van der Waals surface area contributed by atoms with Crippen molar-refractivity contribution in [1.29, 1.82) is 0 Å². The number of halogens is 1.